The van der Waals surface area contributed by atoms with E-state index in [4.69, 9.17) is 9.47 Å². The van der Waals surface area contributed by atoms with Gasteiger partial charge in [-0.1, -0.05) is 36.4 Å². The average Bonchev–Trinajstić information content (AvgIpc) is 2.79. The van der Waals surface area contributed by atoms with Gasteiger partial charge in [-0.05, 0) is 98.5 Å². The lowest BCUT2D eigenvalue weighted by molar-refractivity contribution is 0.103. The number of rotatable bonds is 6. The van der Waals surface area contributed by atoms with E-state index < -0.39 is 0 Å². The zero-order valence-corrected chi connectivity index (χ0v) is 18.8. The normalized spacial score (nSPS) is 10.6. The van der Waals surface area contributed by atoms with Crippen molar-refractivity contribution in [2.24, 2.45) is 0 Å². The summed E-state index contributed by atoms with van der Waals surface area (Å²) in [4.78, 5) is 13.6. The third-order valence-electron chi connectivity index (χ3n) is 5.68. The molecule has 0 saturated carbocycles. The van der Waals surface area contributed by atoms with E-state index in [0.29, 0.717) is 34.1 Å². The van der Waals surface area contributed by atoms with Crippen LogP contribution in [0.5, 0.6) is 23.0 Å². The molecule has 0 heterocycles. The molecule has 0 spiro atoms. The fourth-order valence-electron chi connectivity index (χ4n) is 3.44. The number of hydrogen-bond donors (Lipinski definition) is 0. The summed E-state index contributed by atoms with van der Waals surface area (Å²) in [6.45, 7) is 8.20. The highest BCUT2D eigenvalue weighted by Gasteiger charge is 2.19. The van der Waals surface area contributed by atoms with E-state index in [1.54, 1.807) is 12.1 Å². The van der Waals surface area contributed by atoms with E-state index in [9.17, 15) is 4.79 Å². The van der Waals surface area contributed by atoms with Crippen LogP contribution >= 0.6 is 0 Å². The first kappa shape index (κ1) is 21.4. The standard InChI is InChI=1S/C29H26O3/c1-19-13-15-23(17-21(19)3)31-27-11-7-5-9-25(27)29(30)26-10-6-8-12-28(26)32-24-16-14-20(2)22(4)18-24/h5-18H,1-4H3. The van der Waals surface area contributed by atoms with Crippen LogP contribution < -0.4 is 9.47 Å². The topological polar surface area (TPSA) is 35.5 Å². The number of carbonyl (C=O) groups excluding carboxylic acids is 1. The summed E-state index contributed by atoms with van der Waals surface area (Å²) in [7, 11) is 0. The Kier molecular flexibility index (Phi) is 6.09. The van der Waals surface area contributed by atoms with E-state index in [0.717, 1.165) is 11.1 Å². The maximum Gasteiger partial charge on any atom is 0.200 e. The molecule has 0 radical (unpaired) electrons. The molecular formula is C29H26O3. The molecule has 0 amide bonds. The first-order chi connectivity index (χ1) is 15.4. The van der Waals surface area contributed by atoms with Gasteiger partial charge < -0.3 is 9.47 Å². The lowest BCUT2D eigenvalue weighted by atomic mass is 10.0. The monoisotopic (exact) mass is 422 g/mol. The van der Waals surface area contributed by atoms with E-state index in [-0.39, 0.29) is 5.78 Å². The summed E-state index contributed by atoms with van der Waals surface area (Å²) >= 11 is 0. The van der Waals surface area contributed by atoms with Crippen LogP contribution in [0.1, 0.15) is 38.2 Å². The Bertz CT molecular complexity index is 1190. The van der Waals surface area contributed by atoms with Crippen LogP contribution in [0.25, 0.3) is 0 Å². The van der Waals surface area contributed by atoms with Gasteiger partial charge in [0.15, 0.2) is 0 Å². The molecular weight excluding hydrogens is 396 g/mol. The highest BCUT2D eigenvalue weighted by Crippen LogP contribution is 2.32. The Labute approximate surface area is 189 Å². The highest BCUT2D eigenvalue weighted by atomic mass is 16.5. The van der Waals surface area contributed by atoms with Gasteiger partial charge in [0.05, 0.1) is 11.1 Å². The van der Waals surface area contributed by atoms with Crippen molar-refractivity contribution < 1.29 is 14.3 Å². The van der Waals surface area contributed by atoms with Crippen LogP contribution in [-0.2, 0) is 0 Å². The van der Waals surface area contributed by atoms with Crippen LogP contribution in [0.4, 0.5) is 0 Å². The fraction of sp³-hybridized carbons (Fsp3) is 0.138. The second-order valence-corrected chi connectivity index (χ2v) is 8.02. The fourth-order valence-corrected chi connectivity index (χ4v) is 3.44. The van der Waals surface area contributed by atoms with Crippen molar-refractivity contribution in [2.45, 2.75) is 27.7 Å². The van der Waals surface area contributed by atoms with Crippen LogP contribution in [0.2, 0.25) is 0 Å². The second-order valence-electron chi connectivity index (χ2n) is 8.02. The molecule has 3 nitrogen and oxygen atoms in total. The van der Waals surface area contributed by atoms with Gasteiger partial charge in [-0.2, -0.15) is 0 Å². The third kappa shape index (κ3) is 4.57. The largest absolute Gasteiger partial charge is 0.457 e. The number of benzene rings is 4. The molecule has 0 aromatic heterocycles. The number of hydrogen-bond acceptors (Lipinski definition) is 3. The molecule has 0 aliphatic rings. The molecule has 32 heavy (non-hydrogen) atoms. The third-order valence-corrected chi connectivity index (χ3v) is 5.68. The van der Waals surface area contributed by atoms with Gasteiger partial charge in [0.25, 0.3) is 0 Å². The van der Waals surface area contributed by atoms with Crippen LogP contribution in [-0.4, -0.2) is 5.78 Å². The van der Waals surface area contributed by atoms with Gasteiger partial charge in [0.2, 0.25) is 5.78 Å². The van der Waals surface area contributed by atoms with Crippen LogP contribution in [0.3, 0.4) is 0 Å². The molecule has 0 saturated heterocycles. The van der Waals surface area contributed by atoms with Crippen molar-refractivity contribution in [3.63, 3.8) is 0 Å². The van der Waals surface area contributed by atoms with Gasteiger partial charge >= 0.3 is 0 Å². The minimum atomic E-state index is -0.149. The minimum absolute atomic E-state index is 0.149. The van der Waals surface area contributed by atoms with E-state index >= 15 is 0 Å². The van der Waals surface area contributed by atoms with Gasteiger partial charge in [-0.25, -0.2) is 0 Å². The van der Waals surface area contributed by atoms with Crippen molar-refractivity contribution in [1.82, 2.24) is 0 Å². The molecule has 0 bridgehead atoms. The van der Waals surface area contributed by atoms with E-state index in [1.807, 2.05) is 86.6 Å². The zero-order chi connectivity index (χ0) is 22.7. The number of aryl methyl sites for hydroxylation is 4. The Morgan fingerprint density at radius 1 is 0.531 bits per heavy atom. The summed E-state index contributed by atoms with van der Waals surface area (Å²) in [5.74, 6) is 2.29. The molecule has 0 N–H and O–H groups in total. The maximum absolute atomic E-state index is 13.6. The van der Waals surface area contributed by atoms with Gasteiger partial charge in [-0.15, -0.1) is 0 Å². The van der Waals surface area contributed by atoms with Crippen LogP contribution in [0, 0.1) is 27.7 Å². The molecule has 0 aliphatic carbocycles. The predicted molar refractivity (Wildman–Crippen MR) is 128 cm³/mol. The molecule has 160 valence electrons. The second kappa shape index (κ2) is 9.11. The minimum Gasteiger partial charge on any atom is -0.457 e. The van der Waals surface area contributed by atoms with Crippen molar-refractivity contribution in [3.05, 3.63) is 118 Å². The van der Waals surface area contributed by atoms with Crippen molar-refractivity contribution in [2.75, 3.05) is 0 Å². The highest BCUT2D eigenvalue weighted by molar-refractivity contribution is 6.12. The number of para-hydroxylation sites is 2. The molecule has 0 atom stereocenters. The smallest absolute Gasteiger partial charge is 0.200 e. The quantitative estimate of drug-likeness (QED) is 0.298. The van der Waals surface area contributed by atoms with E-state index in [2.05, 4.69) is 13.8 Å². The summed E-state index contributed by atoms with van der Waals surface area (Å²) in [5.41, 5.74) is 5.64. The first-order valence-electron chi connectivity index (χ1n) is 10.7. The SMILES string of the molecule is Cc1ccc(Oc2ccccc2C(=O)c2ccccc2Oc2ccc(C)c(C)c2)cc1C. The molecule has 4 aromatic rings. The Hall–Kier alpha value is -3.85. The Morgan fingerprint density at radius 2 is 0.938 bits per heavy atom. The summed E-state index contributed by atoms with van der Waals surface area (Å²) < 4.78 is 12.2. The summed E-state index contributed by atoms with van der Waals surface area (Å²) in [6, 6.07) is 26.4. The van der Waals surface area contributed by atoms with Crippen LogP contribution in [0.15, 0.2) is 84.9 Å². The van der Waals surface area contributed by atoms with Crippen molar-refractivity contribution >= 4 is 5.78 Å². The Morgan fingerprint density at radius 3 is 1.34 bits per heavy atom. The van der Waals surface area contributed by atoms with E-state index in [1.165, 1.54) is 11.1 Å². The lowest BCUT2D eigenvalue weighted by Gasteiger charge is -2.14. The lowest BCUT2D eigenvalue weighted by Crippen LogP contribution is -2.05. The average molecular weight is 423 g/mol. The summed E-state index contributed by atoms with van der Waals surface area (Å²) in [6.07, 6.45) is 0. The number of ether oxygens (including phenoxy) is 2. The molecule has 0 unspecified atom stereocenters. The maximum atomic E-state index is 13.6. The number of carbonyl (C=O) groups is 1. The molecule has 4 aromatic carbocycles. The Balaban J connectivity index is 1.67. The van der Waals surface area contributed by atoms with Crippen molar-refractivity contribution in [1.29, 1.82) is 0 Å². The number of ketones is 1. The van der Waals surface area contributed by atoms with Gasteiger partial charge in [0, 0.05) is 0 Å². The summed E-state index contributed by atoms with van der Waals surface area (Å²) in [5, 5.41) is 0. The van der Waals surface area contributed by atoms with Gasteiger partial charge in [-0.3, -0.25) is 4.79 Å². The van der Waals surface area contributed by atoms with Crippen molar-refractivity contribution in [3.8, 4) is 23.0 Å². The molecule has 0 fully saturated rings. The first-order valence-corrected chi connectivity index (χ1v) is 10.7. The predicted octanol–water partition coefficient (Wildman–Crippen LogP) is 7.74. The van der Waals surface area contributed by atoms with Gasteiger partial charge in [0.1, 0.15) is 23.0 Å². The molecule has 4 rings (SSSR count). The molecule has 3 heteroatoms. The molecule has 0 aliphatic heterocycles. The zero-order valence-electron chi connectivity index (χ0n) is 18.8.